The van der Waals surface area contributed by atoms with Gasteiger partial charge in [-0.1, -0.05) is 18.1 Å². The van der Waals surface area contributed by atoms with E-state index in [1.165, 1.54) is 44.7 Å². The standard InChI is InChI=1S/C49H48F2N10O6/c1-25-17-32(18-26(2)41(25)50)61-43(57-15-14-56(47(57)64)36-11-13-58-37(42(36)51)22-39(54-58)65-6)40-33(53-61)21-31-8-10-35(40)59(31)44(62)38-20-30-19-28(29-12-16-66-48(4,5)24-29)7-9-34(30)60(38)49(23-27(49)3)45-52-46(63)67-55-45/h7,9,11,13-15,17-20,22,27,29,31,35H,8,10,12,16,21,23-24H2,1-6H3,(H,52,55,63)/t27-,29-,31+,35-,49-/m0/s1. The molecular formula is C49H48F2N10O6. The molecule has 2 bridgehead atoms. The van der Waals surface area contributed by atoms with Crippen molar-refractivity contribution in [3.8, 4) is 23.1 Å². The summed E-state index contributed by atoms with van der Waals surface area (Å²) in [5.41, 5.74) is 3.59. The Kier molecular flexibility index (Phi) is 8.93. The fraction of sp³-hybridized carbons (Fsp3) is 0.388. The molecule has 67 heavy (non-hydrogen) atoms. The zero-order chi connectivity index (χ0) is 46.4. The lowest BCUT2D eigenvalue weighted by molar-refractivity contribution is -0.0592. The zero-order valence-corrected chi connectivity index (χ0v) is 37.8. The molecule has 3 fully saturated rings. The second kappa shape index (κ2) is 14.5. The number of halogens is 2. The molecule has 2 saturated heterocycles. The summed E-state index contributed by atoms with van der Waals surface area (Å²) in [6, 6.07) is 13.9. The molecule has 9 heterocycles. The van der Waals surface area contributed by atoms with Gasteiger partial charge in [-0.15, -0.1) is 5.10 Å². The quantitative estimate of drug-likeness (QED) is 0.164. The summed E-state index contributed by atoms with van der Waals surface area (Å²) >= 11 is 0. The van der Waals surface area contributed by atoms with Crippen LogP contribution in [0.4, 0.5) is 8.78 Å². The number of nitrogens with one attached hydrogen (secondary N) is 1. The van der Waals surface area contributed by atoms with Crippen molar-refractivity contribution in [2.24, 2.45) is 5.92 Å². The molecule has 8 aromatic rings. The maximum absolute atomic E-state index is 16.3. The number of imidazole rings is 1. The molecule has 344 valence electrons. The van der Waals surface area contributed by atoms with Gasteiger partial charge in [-0.05, 0) is 125 Å². The molecule has 0 spiro atoms. The molecule has 1 aliphatic carbocycles. The van der Waals surface area contributed by atoms with E-state index in [-0.39, 0.29) is 52.3 Å². The van der Waals surface area contributed by atoms with Gasteiger partial charge in [0.2, 0.25) is 5.88 Å². The summed E-state index contributed by atoms with van der Waals surface area (Å²) in [6.45, 7) is 10.3. The normalized spacial score (nSPS) is 23.1. The highest BCUT2D eigenvalue weighted by molar-refractivity contribution is 6.00. The average molecular weight is 911 g/mol. The maximum atomic E-state index is 16.3. The third-order valence-electron chi connectivity index (χ3n) is 14.9. The summed E-state index contributed by atoms with van der Waals surface area (Å²) in [5.74, 6) is -0.692. The van der Waals surface area contributed by atoms with E-state index in [9.17, 15) is 9.59 Å². The summed E-state index contributed by atoms with van der Waals surface area (Å²) < 4.78 is 55.5. The first-order valence-corrected chi connectivity index (χ1v) is 22.8. The van der Waals surface area contributed by atoms with Crippen LogP contribution in [0.15, 0.2) is 81.2 Å². The van der Waals surface area contributed by atoms with Crippen LogP contribution in [0.2, 0.25) is 0 Å². The lowest BCUT2D eigenvalue weighted by atomic mass is 9.83. The van der Waals surface area contributed by atoms with Crippen molar-refractivity contribution in [2.75, 3.05) is 13.7 Å². The molecule has 2 aromatic carbocycles. The Morgan fingerprint density at radius 1 is 0.910 bits per heavy atom. The minimum absolute atomic E-state index is 0.000895. The van der Waals surface area contributed by atoms with Gasteiger partial charge in [0.05, 0.1) is 35.8 Å². The highest BCUT2D eigenvalue weighted by Gasteiger charge is 2.59. The molecule has 0 radical (unpaired) electrons. The van der Waals surface area contributed by atoms with Gasteiger partial charge < -0.3 is 18.9 Å². The number of ether oxygens (including phenoxy) is 2. The molecule has 18 heteroatoms. The van der Waals surface area contributed by atoms with E-state index in [0.29, 0.717) is 77.7 Å². The Morgan fingerprint density at radius 3 is 2.40 bits per heavy atom. The van der Waals surface area contributed by atoms with Crippen molar-refractivity contribution >= 4 is 22.3 Å². The summed E-state index contributed by atoms with van der Waals surface area (Å²) in [5, 5.41) is 14.5. The van der Waals surface area contributed by atoms with Crippen LogP contribution in [0.5, 0.6) is 5.88 Å². The second-order valence-electron chi connectivity index (χ2n) is 19.5. The van der Waals surface area contributed by atoms with Crippen LogP contribution in [0.1, 0.15) is 109 Å². The van der Waals surface area contributed by atoms with Gasteiger partial charge in [-0.2, -0.15) is 5.10 Å². The van der Waals surface area contributed by atoms with Crippen LogP contribution in [0.25, 0.3) is 33.6 Å². The summed E-state index contributed by atoms with van der Waals surface area (Å²) in [7, 11) is 1.44. The number of aromatic amines is 1. The molecule has 1 N–H and O–H groups in total. The predicted molar refractivity (Wildman–Crippen MR) is 241 cm³/mol. The van der Waals surface area contributed by atoms with Gasteiger partial charge in [-0.25, -0.2) is 27.6 Å². The minimum Gasteiger partial charge on any atom is -0.480 e. The molecule has 5 atom stereocenters. The highest BCUT2D eigenvalue weighted by atomic mass is 19.1. The monoisotopic (exact) mass is 910 g/mol. The van der Waals surface area contributed by atoms with Crippen LogP contribution in [-0.2, 0) is 16.7 Å². The Labute approximate surface area is 381 Å². The van der Waals surface area contributed by atoms with E-state index < -0.39 is 28.8 Å². The van der Waals surface area contributed by atoms with Gasteiger partial charge in [0, 0.05) is 60.2 Å². The van der Waals surface area contributed by atoms with Gasteiger partial charge in [-0.3, -0.25) is 23.4 Å². The predicted octanol–water partition coefficient (Wildman–Crippen LogP) is 7.35. The van der Waals surface area contributed by atoms with E-state index in [1.54, 1.807) is 43.1 Å². The first-order valence-electron chi connectivity index (χ1n) is 22.8. The van der Waals surface area contributed by atoms with Crippen LogP contribution >= 0.6 is 0 Å². The number of fused-ring (bicyclic) bond motifs is 6. The number of nitrogens with zero attached hydrogens (tertiary/aromatic N) is 9. The lowest BCUT2D eigenvalue weighted by Gasteiger charge is -2.36. The first-order chi connectivity index (χ1) is 32.1. The van der Waals surface area contributed by atoms with Crippen molar-refractivity contribution in [3.63, 3.8) is 0 Å². The fourth-order valence-corrected chi connectivity index (χ4v) is 11.6. The minimum atomic E-state index is -0.855. The van der Waals surface area contributed by atoms with Crippen LogP contribution in [0.3, 0.4) is 0 Å². The molecule has 16 nitrogen and oxygen atoms in total. The van der Waals surface area contributed by atoms with Crippen LogP contribution < -0.4 is 16.2 Å². The van der Waals surface area contributed by atoms with Gasteiger partial charge in [0.1, 0.15) is 28.4 Å². The highest BCUT2D eigenvalue weighted by Crippen LogP contribution is 2.57. The number of benzene rings is 2. The summed E-state index contributed by atoms with van der Waals surface area (Å²) in [4.78, 5) is 47.8. The Morgan fingerprint density at radius 2 is 1.69 bits per heavy atom. The van der Waals surface area contributed by atoms with Crippen molar-refractivity contribution in [1.82, 2.24) is 48.1 Å². The number of hydrogen-bond acceptors (Lipinski definition) is 9. The molecule has 6 aromatic heterocycles. The van der Waals surface area contributed by atoms with Crippen molar-refractivity contribution in [2.45, 2.75) is 102 Å². The van der Waals surface area contributed by atoms with E-state index in [2.05, 4.69) is 58.8 Å². The Balaban J connectivity index is 1.02. The number of aryl methyl sites for hydroxylation is 2. The number of aromatic nitrogens is 9. The Bertz CT molecular complexity index is 3470. The molecule has 3 aliphatic heterocycles. The van der Waals surface area contributed by atoms with Crippen molar-refractivity contribution in [3.05, 3.63) is 139 Å². The molecule has 0 unspecified atom stereocenters. The number of carbonyl (C=O) groups is 1. The molecular weight excluding hydrogens is 863 g/mol. The van der Waals surface area contributed by atoms with E-state index in [4.69, 9.17) is 19.1 Å². The zero-order valence-electron chi connectivity index (χ0n) is 37.8. The largest absolute Gasteiger partial charge is 0.480 e. The fourth-order valence-electron chi connectivity index (χ4n) is 11.6. The molecule has 12 rings (SSSR count). The van der Waals surface area contributed by atoms with Gasteiger partial charge in [0.15, 0.2) is 11.6 Å². The summed E-state index contributed by atoms with van der Waals surface area (Å²) in [6.07, 6.45) is 8.62. The number of pyridine rings is 1. The van der Waals surface area contributed by atoms with Crippen LogP contribution in [0, 0.1) is 31.4 Å². The number of methoxy groups -OCH3 is 1. The number of hydrogen-bond donors (Lipinski definition) is 1. The van der Waals surface area contributed by atoms with E-state index in [0.717, 1.165) is 23.7 Å². The van der Waals surface area contributed by atoms with E-state index >= 15 is 13.6 Å². The number of amides is 1. The third-order valence-corrected chi connectivity index (χ3v) is 14.9. The molecule has 1 saturated carbocycles. The van der Waals surface area contributed by atoms with Crippen LogP contribution in [-0.4, -0.2) is 79.4 Å². The maximum Gasteiger partial charge on any atom is 0.438 e. The topological polar surface area (TPSA) is 165 Å². The average Bonchev–Trinajstić information content (AvgIpc) is 4.02. The first kappa shape index (κ1) is 41.4. The van der Waals surface area contributed by atoms with E-state index in [1.807, 2.05) is 11.0 Å². The van der Waals surface area contributed by atoms with Gasteiger partial charge >= 0.3 is 11.4 Å². The lowest BCUT2D eigenvalue weighted by Crippen LogP contribution is -2.43. The number of rotatable bonds is 8. The molecule has 1 amide bonds. The van der Waals surface area contributed by atoms with Gasteiger partial charge in [0.25, 0.3) is 5.91 Å². The van der Waals surface area contributed by atoms with Crippen molar-refractivity contribution in [1.29, 1.82) is 0 Å². The molecule has 4 aliphatic rings. The number of H-pyrrole nitrogens is 1. The smallest absolute Gasteiger partial charge is 0.438 e. The van der Waals surface area contributed by atoms with Crippen molar-refractivity contribution < 1.29 is 27.6 Å². The third kappa shape index (κ3) is 6.10. The number of carbonyl (C=O) groups excluding carboxylic acids is 1. The SMILES string of the molecule is COc1cc2c(F)c(-n3ccn(-c4c5c(nn4-c4cc(C)c(F)c(C)c4)C[C@H]4CC[C@@H]5N4C(=O)c4cc5cc([C@H]6CCOC(C)(C)C6)ccc5n4[C@@]4(c5noc(=O)[nH]5)C[C@@H]4C)c3=O)ccn2n1. The second-order valence-corrected chi connectivity index (χ2v) is 19.5. The Hall–Kier alpha value is -7.08.